The molecule has 3 nitrogen and oxygen atoms in total. The summed E-state index contributed by atoms with van der Waals surface area (Å²) in [7, 11) is -3.11. The topological polar surface area (TPSA) is 35.5 Å². The van der Waals surface area contributed by atoms with Gasteiger partial charge in [-0.15, -0.1) is 0 Å². The second-order valence-electron chi connectivity index (χ2n) is 3.15. The standard InChI is InChI=1S/C10H16Cl3O3P/c1-3-5-6-17(14,15-4-2)16-8-9(11)7-10(12)13/h7-8H,3-6H2,1-2H3/b9-8+. The third kappa shape index (κ3) is 8.98. The van der Waals surface area contributed by atoms with Gasteiger partial charge in [0.1, 0.15) is 10.8 Å². The number of rotatable bonds is 8. The van der Waals surface area contributed by atoms with Crippen LogP contribution in [0.25, 0.3) is 0 Å². The van der Waals surface area contributed by atoms with Gasteiger partial charge in [-0.05, 0) is 19.4 Å². The van der Waals surface area contributed by atoms with Crippen LogP contribution in [0.3, 0.4) is 0 Å². The number of hydrogen-bond acceptors (Lipinski definition) is 3. The van der Waals surface area contributed by atoms with Gasteiger partial charge >= 0.3 is 7.60 Å². The Bertz CT molecular complexity index is 325. The molecule has 0 aromatic carbocycles. The average molecular weight is 322 g/mol. The first-order chi connectivity index (χ1) is 7.93. The Labute approximate surface area is 117 Å². The maximum Gasteiger partial charge on any atom is 0.378 e. The Kier molecular flexibility index (Phi) is 9.48. The van der Waals surface area contributed by atoms with Crippen molar-refractivity contribution < 1.29 is 13.6 Å². The molecule has 0 radical (unpaired) electrons. The summed E-state index contributed by atoms with van der Waals surface area (Å²) in [6, 6.07) is 0. The lowest BCUT2D eigenvalue weighted by Gasteiger charge is -2.15. The SMILES string of the molecule is CCCCP(=O)(O/C=C(/Cl)C=C(Cl)Cl)OCC. The van der Waals surface area contributed by atoms with Crippen molar-refractivity contribution in [3.8, 4) is 0 Å². The molecule has 0 fully saturated rings. The van der Waals surface area contributed by atoms with Gasteiger partial charge in [-0.1, -0.05) is 48.1 Å². The zero-order valence-corrected chi connectivity index (χ0v) is 13.0. The number of hydrogen-bond donors (Lipinski definition) is 0. The van der Waals surface area contributed by atoms with E-state index in [1.807, 2.05) is 6.92 Å². The Morgan fingerprint density at radius 1 is 1.29 bits per heavy atom. The van der Waals surface area contributed by atoms with Gasteiger partial charge in [0.2, 0.25) is 0 Å². The molecule has 1 atom stereocenters. The smallest absolute Gasteiger partial charge is 0.378 e. The van der Waals surface area contributed by atoms with Crippen LogP contribution in [0.2, 0.25) is 0 Å². The fourth-order valence-electron chi connectivity index (χ4n) is 0.965. The molecule has 0 spiro atoms. The van der Waals surface area contributed by atoms with E-state index >= 15 is 0 Å². The second-order valence-corrected chi connectivity index (χ2v) is 6.73. The highest BCUT2D eigenvalue weighted by molar-refractivity contribution is 7.53. The first kappa shape index (κ1) is 17.3. The largest absolute Gasteiger partial charge is 0.431 e. The summed E-state index contributed by atoms with van der Waals surface area (Å²) in [5.41, 5.74) is 0. The third-order valence-corrected chi connectivity index (χ3v) is 4.04. The van der Waals surface area contributed by atoms with Crippen molar-refractivity contribution in [3.05, 3.63) is 21.9 Å². The minimum atomic E-state index is -3.11. The lowest BCUT2D eigenvalue weighted by Crippen LogP contribution is -1.97. The third-order valence-electron chi connectivity index (χ3n) is 1.68. The van der Waals surface area contributed by atoms with E-state index in [0.29, 0.717) is 12.8 Å². The summed E-state index contributed by atoms with van der Waals surface area (Å²) < 4.78 is 22.4. The maximum absolute atomic E-state index is 12.1. The Hall–Kier alpha value is 0.340. The van der Waals surface area contributed by atoms with Crippen molar-refractivity contribution in [1.82, 2.24) is 0 Å². The van der Waals surface area contributed by atoms with E-state index in [9.17, 15) is 4.57 Å². The highest BCUT2D eigenvalue weighted by atomic mass is 35.5. The van der Waals surface area contributed by atoms with Gasteiger partial charge in [-0.2, -0.15) is 0 Å². The average Bonchev–Trinajstić information content (AvgIpc) is 2.23. The predicted molar refractivity (Wildman–Crippen MR) is 73.8 cm³/mol. The fourth-order valence-corrected chi connectivity index (χ4v) is 3.19. The molecular formula is C10H16Cl3O3P. The lowest BCUT2D eigenvalue weighted by molar-refractivity contribution is 0.261. The summed E-state index contributed by atoms with van der Waals surface area (Å²) >= 11 is 16.6. The Morgan fingerprint density at radius 2 is 1.94 bits per heavy atom. The van der Waals surface area contributed by atoms with Crippen LogP contribution >= 0.6 is 42.4 Å². The van der Waals surface area contributed by atoms with Crippen molar-refractivity contribution in [2.75, 3.05) is 12.8 Å². The van der Waals surface area contributed by atoms with Crippen molar-refractivity contribution >= 4 is 42.4 Å². The van der Waals surface area contributed by atoms with Crippen molar-refractivity contribution in [1.29, 1.82) is 0 Å². The van der Waals surface area contributed by atoms with E-state index in [1.165, 1.54) is 6.08 Å². The molecule has 100 valence electrons. The van der Waals surface area contributed by atoms with Gasteiger partial charge in [0.05, 0.1) is 17.8 Å². The maximum atomic E-state index is 12.1. The molecule has 0 aliphatic heterocycles. The Balaban J connectivity index is 4.54. The molecule has 1 unspecified atom stereocenters. The van der Waals surface area contributed by atoms with Crippen LogP contribution in [0.4, 0.5) is 0 Å². The molecule has 0 N–H and O–H groups in total. The van der Waals surface area contributed by atoms with E-state index < -0.39 is 7.60 Å². The molecule has 0 saturated carbocycles. The zero-order valence-electron chi connectivity index (χ0n) is 9.79. The van der Waals surface area contributed by atoms with Crippen LogP contribution in [-0.2, 0) is 13.6 Å². The monoisotopic (exact) mass is 320 g/mol. The van der Waals surface area contributed by atoms with Crippen LogP contribution in [0.1, 0.15) is 26.7 Å². The zero-order chi connectivity index (χ0) is 13.3. The molecule has 0 rings (SSSR count). The molecule has 0 aromatic heterocycles. The molecule has 0 bridgehead atoms. The summed E-state index contributed by atoms with van der Waals surface area (Å²) in [5.74, 6) is 0. The van der Waals surface area contributed by atoms with Crippen LogP contribution in [-0.4, -0.2) is 12.8 Å². The molecule has 0 heterocycles. The van der Waals surface area contributed by atoms with E-state index in [-0.39, 0.29) is 9.52 Å². The molecule has 0 amide bonds. The van der Waals surface area contributed by atoms with Gasteiger partial charge < -0.3 is 9.05 Å². The van der Waals surface area contributed by atoms with Gasteiger partial charge in [0, 0.05) is 0 Å². The second kappa shape index (κ2) is 9.29. The van der Waals surface area contributed by atoms with E-state index in [2.05, 4.69) is 0 Å². The van der Waals surface area contributed by atoms with Crippen LogP contribution < -0.4 is 0 Å². The summed E-state index contributed by atoms with van der Waals surface area (Å²) in [5, 5.41) is 0.154. The Morgan fingerprint density at radius 3 is 2.41 bits per heavy atom. The quantitative estimate of drug-likeness (QED) is 0.339. The van der Waals surface area contributed by atoms with E-state index in [0.717, 1.165) is 19.1 Å². The number of halogens is 3. The van der Waals surface area contributed by atoms with Crippen LogP contribution in [0.5, 0.6) is 0 Å². The van der Waals surface area contributed by atoms with E-state index in [4.69, 9.17) is 43.9 Å². The number of unbranched alkanes of at least 4 members (excludes halogenated alkanes) is 1. The van der Waals surface area contributed by atoms with Gasteiger partial charge in [-0.3, -0.25) is 0 Å². The summed E-state index contributed by atoms with van der Waals surface area (Å²) in [6.45, 7) is 4.07. The molecular weight excluding hydrogens is 305 g/mol. The van der Waals surface area contributed by atoms with E-state index in [1.54, 1.807) is 6.92 Å². The predicted octanol–water partition coefficient (Wildman–Crippen LogP) is 5.43. The molecule has 7 heteroatoms. The lowest BCUT2D eigenvalue weighted by atomic mass is 10.4. The van der Waals surface area contributed by atoms with Crippen LogP contribution in [0, 0.1) is 0 Å². The minimum Gasteiger partial charge on any atom is -0.431 e. The normalized spacial score (nSPS) is 15.2. The van der Waals surface area contributed by atoms with Crippen molar-refractivity contribution in [2.24, 2.45) is 0 Å². The first-order valence-corrected chi connectivity index (χ1v) is 8.10. The van der Waals surface area contributed by atoms with Gasteiger partial charge in [-0.25, -0.2) is 4.57 Å². The molecule has 0 saturated heterocycles. The highest BCUT2D eigenvalue weighted by Crippen LogP contribution is 2.49. The van der Waals surface area contributed by atoms with Gasteiger partial charge in [0.25, 0.3) is 0 Å². The molecule has 0 aliphatic carbocycles. The van der Waals surface area contributed by atoms with Crippen molar-refractivity contribution in [2.45, 2.75) is 26.7 Å². The number of allylic oxidation sites excluding steroid dienone is 2. The minimum absolute atomic E-state index is 0.00495. The van der Waals surface area contributed by atoms with Gasteiger partial charge in [0.15, 0.2) is 0 Å². The summed E-state index contributed by atoms with van der Waals surface area (Å²) in [6.07, 6.45) is 4.44. The molecule has 17 heavy (non-hydrogen) atoms. The highest BCUT2D eigenvalue weighted by Gasteiger charge is 2.23. The van der Waals surface area contributed by atoms with Crippen LogP contribution in [0.15, 0.2) is 21.9 Å². The van der Waals surface area contributed by atoms with Crippen molar-refractivity contribution in [3.63, 3.8) is 0 Å². The fraction of sp³-hybridized carbons (Fsp3) is 0.600. The first-order valence-electron chi connectivity index (χ1n) is 5.24. The molecule has 0 aliphatic rings. The summed E-state index contributed by atoms with van der Waals surface area (Å²) in [4.78, 5) is 0. The molecule has 0 aromatic rings.